The Hall–Kier alpha value is -0.430. The van der Waals surface area contributed by atoms with Crippen LogP contribution in [0.5, 0.6) is 0 Å². The van der Waals surface area contributed by atoms with Crippen LogP contribution < -0.4 is 11.1 Å². The summed E-state index contributed by atoms with van der Waals surface area (Å²) in [5.41, 5.74) is 8.51. The molecule has 0 saturated heterocycles. The molecule has 20 heavy (non-hydrogen) atoms. The molecule has 110 valence electrons. The molecule has 1 aliphatic carbocycles. The van der Waals surface area contributed by atoms with Gasteiger partial charge >= 0.3 is 0 Å². The number of aromatic nitrogens is 1. The highest BCUT2D eigenvalue weighted by molar-refractivity contribution is 8.93. The van der Waals surface area contributed by atoms with Gasteiger partial charge in [0.1, 0.15) is 0 Å². The topological polar surface area (TPSA) is 50.9 Å². The van der Waals surface area contributed by atoms with Gasteiger partial charge in [-0.2, -0.15) is 0 Å². The molecule has 1 aromatic heterocycles. The number of hydrogen-bond acceptors (Lipinski definition) is 4. The lowest BCUT2D eigenvalue weighted by Gasteiger charge is -2.15. The standard InChI is InChI=1S/C14H17N3S.2BrH/c15-11-6-7-12-13(8-11)18-14(17-12)16-9-10-4-2-1-3-5-10;;/h1-5,11H,6-9,15H2,(H,16,17);2*1H. The van der Waals surface area contributed by atoms with Crippen LogP contribution in [0.15, 0.2) is 30.3 Å². The van der Waals surface area contributed by atoms with Crippen LogP contribution in [0.3, 0.4) is 0 Å². The Morgan fingerprint density at radius 3 is 2.75 bits per heavy atom. The van der Waals surface area contributed by atoms with Crippen molar-refractivity contribution in [1.82, 2.24) is 4.98 Å². The highest BCUT2D eigenvalue weighted by Crippen LogP contribution is 2.29. The third-order valence-electron chi connectivity index (χ3n) is 3.26. The summed E-state index contributed by atoms with van der Waals surface area (Å²) in [5.74, 6) is 0. The molecule has 1 heterocycles. The van der Waals surface area contributed by atoms with E-state index >= 15 is 0 Å². The lowest BCUT2D eigenvalue weighted by Crippen LogP contribution is -2.26. The number of anilines is 1. The number of halogens is 2. The highest BCUT2D eigenvalue weighted by atomic mass is 79.9. The van der Waals surface area contributed by atoms with Crippen LogP contribution >= 0.6 is 45.3 Å². The summed E-state index contributed by atoms with van der Waals surface area (Å²) < 4.78 is 0. The summed E-state index contributed by atoms with van der Waals surface area (Å²) in [6.07, 6.45) is 3.08. The SMILES string of the molecule is Br.Br.NC1CCc2nc(NCc3ccccc3)sc2C1. The van der Waals surface area contributed by atoms with Crippen LogP contribution in [-0.2, 0) is 19.4 Å². The summed E-state index contributed by atoms with van der Waals surface area (Å²) in [6.45, 7) is 0.833. The average Bonchev–Trinajstić information content (AvgIpc) is 2.79. The first-order valence-corrected chi connectivity index (χ1v) is 7.15. The Kier molecular flexibility index (Phi) is 7.15. The van der Waals surface area contributed by atoms with Crippen molar-refractivity contribution in [2.45, 2.75) is 31.8 Å². The minimum Gasteiger partial charge on any atom is -0.357 e. The van der Waals surface area contributed by atoms with Crippen LogP contribution in [0, 0.1) is 0 Å². The summed E-state index contributed by atoms with van der Waals surface area (Å²) in [4.78, 5) is 6.02. The minimum atomic E-state index is 0. The predicted octanol–water partition coefficient (Wildman–Crippen LogP) is 3.73. The number of thiazole rings is 1. The zero-order valence-electron chi connectivity index (χ0n) is 11.0. The van der Waals surface area contributed by atoms with Gasteiger partial charge < -0.3 is 11.1 Å². The number of benzene rings is 1. The molecule has 0 fully saturated rings. The van der Waals surface area contributed by atoms with E-state index in [4.69, 9.17) is 5.73 Å². The van der Waals surface area contributed by atoms with E-state index in [1.807, 2.05) is 6.07 Å². The first-order chi connectivity index (χ1) is 8.81. The molecule has 3 rings (SSSR count). The molecule has 2 aromatic rings. The van der Waals surface area contributed by atoms with Crippen molar-refractivity contribution >= 4 is 50.4 Å². The summed E-state index contributed by atoms with van der Waals surface area (Å²) in [5, 5.41) is 4.43. The lowest BCUT2D eigenvalue weighted by molar-refractivity contribution is 0.576. The maximum absolute atomic E-state index is 5.98. The fourth-order valence-electron chi connectivity index (χ4n) is 2.25. The van der Waals surface area contributed by atoms with Crippen LogP contribution in [0.2, 0.25) is 0 Å². The van der Waals surface area contributed by atoms with Gasteiger partial charge in [-0.05, 0) is 24.8 Å². The van der Waals surface area contributed by atoms with E-state index in [1.165, 1.54) is 16.1 Å². The second-order valence-electron chi connectivity index (χ2n) is 4.73. The van der Waals surface area contributed by atoms with Gasteiger partial charge in [0.15, 0.2) is 5.13 Å². The summed E-state index contributed by atoms with van der Waals surface area (Å²) in [7, 11) is 0. The minimum absolute atomic E-state index is 0. The van der Waals surface area contributed by atoms with Crippen molar-refractivity contribution in [1.29, 1.82) is 0 Å². The van der Waals surface area contributed by atoms with Gasteiger partial charge in [-0.25, -0.2) is 4.98 Å². The van der Waals surface area contributed by atoms with Crippen LogP contribution in [0.4, 0.5) is 5.13 Å². The van der Waals surface area contributed by atoms with Crippen molar-refractivity contribution in [3.05, 3.63) is 46.5 Å². The van der Waals surface area contributed by atoms with E-state index < -0.39 is 0 Å². The van der Waals surface area contributed by atoms with Crippen LogP contribution in [0.1, 0.15) is 22.6 Å². The zero-order chi connectivity index (χ0) is 12.4. The number of nitrogens with two attached hydrogens (primary N) is 1. The number of fused-ring (bicyclic) bond motifs is 1. The molecule has 6 heteroatoms. The maximum atomic E-state index is 5.98. The molecule has 1 unspecified atom stereocenters. The lowest BCUT2D eigenvalue weighted by atomic mass is 9.99. The van der Waals surface area contributed by atoms with Gasteiger partial charge in [-0.3, -0.25) is 0 Å². The largest absolute Gasteiger partial charge is 0.357 e. The Morgan fingerprint density at radius 1 is 1.25 bits per heavy atom. The molecule has 1 atom stereocenters. The van der Waals surface area contributed by atoms with Gasteiger partial charge in [0, 0.05) is 17.5 Å². The number of nitrogens with one attached hydrogen (secondary N) is 1. The Balaban J connectivity index is 0.000001000. The highest BCUT2D eigenvalue weighted by Gasteiger charge is 2.19. The Bertz CT molecular complexity index is 530. The van der Waals surface area contributed by atoms with E-state index in [9.17, 15) is 0 Å². The second-order valence-corrected chi connectivity index (χ2v) is 5.81. The number of hydrogen-bond donors (Lipinski definition) is 2. The quantitative estimate of drug-likeness (QED) is 0.795. The zero-order valence-corrected chi connectivity index (χ0v) is 15.3. The average molecular weight is 421 g/mol. The second kappa shape index (κ2) is 8.12. The van der Waals surface area contributed by atoms with E-state index in [2.05, 4.69) is 34.6 Å². The van der Waals surface area contributed by atoms with Gasteiger partial charge in [0.05, 0.1) is 5.69 Å². The van der Waals surface area contributed by atoms with Gasteiger partial charge in [0.2, 0.25) is 0 Å². The smallest absolute Gasteiger partial charge is 0.183 e. The number of aryl methyl sites for hydroxylation is 1. The molecule has 0 bridgehead atoms. The molecule has 0 spiro atoms. The first-order valence-electron chi connectivity index (χ1n) is 6.33. The Morgan fingerprint density at radius 2 is 2.00 bits per heavy atom. The van der Waals surface area contributed by atoms with Crippen molar-refractivity contribution in [2.75, 3.05) is 5.32 Å². The normalized spacial score (nSPS) is 16.6. The van der Waals surface area contributed by atoms with Gasteiger partial charge in [0.25, 0.3) is 0 Å². The van der Waals surface area contributed by atoms with E-state index in [0.29, 0.717) is 6.04 Å². The van der Waals surface area contributed by atoms with Crippen molar-refractivity contribution < 1.29 is 0 Å². The fourth-order valence-corrected chi connectivity index (χ4v) is 3.35. The van der Waals surface area contributed by atoms with Crippen LogP contribution in [0.25, 0.3) is 0 Å². The molecule has 0 saturated carbocycles. The molecule has 0 radical (unpaired) electrons. The molecular weight excluding hydrogens is 402 g/mol. The van der Waals surface area contributed by atoms with Crippen LogP contribution in [-0.4, -0.2) is 11.0 Å². The van der Waals surface area contributed by atoms with Crippen molar-refractivity contribution in [2.24, 2.45) is 5.73 Å². The molecule has 3 nitrogen and oxygen atoms in total. The molecular formula is C14H19Br2N3S. The van der Waals surface area contributed by atoms with Gasteiger partial charge in [-0.1, -0.05) is 30.3 Å². The molecule has 1 aromatic carbocycles. The Labute approximate surface area is 144 Å². The third kappa shape index (κ3) is 4.28. The van der Waals surface area contributed by atoms with E-state index in [0.717, 1.165) is 30.9 Å². The van der Waals surface area contributed by atoms with Gasteiger partial charge in [-0.15, -0.1) is 45.3 Å². The molecule has 1 aliphatic rings. The maximum Gasteiger partial charge on any atom is 0.183 e. The van der Waals surface area contributed by atoms with Crippen molar-refractivity contribution in [3.8, 4) is 0 Å². The number of rotatable bonds is 3. The molecule has 3 N–H and O–H groups in total. The van der Waals surface area contributed by atoms with Crippen molar-refractivity contribution in [3.63, 3.8) is 0 Å². The predicted molar refractivity (Wildman–Crippen MR) is 96.5 cm³/mol. The fraction of sp³-hybridized carbons (Fsp3) is 0.357. The van der Waals surface area contributed by atoms with E-state index in [-0.39, 0.29) is 34.0 Å². The monoisotopic (exact) mass is 419 g/mol. The molecule has 0 aliphatic heterocycles. The third-order valence-corrected chi connectivity index (χ3v) is 4.34. The number of nitrogens with zero attached hydrogens (tertiary/aromatic N) is 1. The molecule has 0 amide bonds. The summed E-state index contributed by atoms with van der Waals surface area (Å²) >= 11 is 1.76. The van der Waals surface area contributed by atoms with E-state index in [1.54, 1.807) is 11.3 Å². The first kappa shape index (κ1) is 17.6. The summed E-state index contributed by atoms with van der Waals surface area (Å²) in [6, 6.07) is 10.7.